The maximum Gasteiger partial charge on any atom is 0.139 e. The fraction of sp³-hybridized carbons (Fsp3) is 0.900. The molecule has 1 unspecified atom stereocenters. The predicted molar refractivity (Wildman–Crippen MR) is 94.5 cm³/mol. The summed E-state index contributed by atoms with van der Waals surface area (Å²) >= 11 is 0. The van der Waals surface area contributed by atoms with E-state index in [-0.39, 0.29) is 5.41 Å². The van der Waals surface area contributed by atoms with E-state index in [0.717, 1.165) is 25.7 Å². The highest BCUT2D eigenvalue weighted by Gasteiger charge is 2.35. The molecule has 0 aliphatic carbocycles. The Morgan fingerprint density at radius 2 is 1.24 bits per heavy atom. The molecule has 0 aromatic heterocycles. The van der Waals surface area contributed by atoms with E-state index < -0.39 is 0 Å². The second-order valence-electron chi connectivity index (χ2n) is 6.86. The van der Waals surface area contributed by atoms with Crippen LogP contribution in [-0.2, 0) is 4.79 Å². The molecule has 0 aliphatic heterocycles. The van der Waals surface area contributed by atoms with Gasteiger partial charge in [-0.05, 0) is 25.2 Å². The Labute approximate surface area is 134 Å². The summed E-state index contributed by atoms with van der Waals surface area (Å²) in [6.07, 6.45) is 14.2. The van der Waals surface area contributed by atoms with Gasteiger partial charge in [-0.2, -0.15) is 0 Å². The van der Waals surface area contributed by atoms with Crippen LogP contribution < -0.4 is 0 Å². The summed E-state index contributed by atoms with van der Waals surface area (Å²) in [7, 11) is 0. The Hall–Kier alpha value is -0.330. The second kappa shape index (κ2) is 12.2. The molecular formula is C20H39O. The molecule has 1 heteroatoms. The molecule has 0 heterocycles. The van der Waals surface area contributed by atoms with E-state index in [1.807, 2.05) is 0 Å². The number of carbonyl (C=O) groups is 1. The monoisotopic (exact) mass is 295 g/mol. The Bertz CT molecular complexity index is 259. The first-order chi connectivity index (χ1) is 10.0. The molecule has 0 spiro atoms. The minimum absolute atomic E-state index is 0.170. The number of rotatable bonds is 14. The molecule has 1 radical (unpaired) electrons. The van der Waals surface area contributed by atoms with Crippen LogP contribution in [0.2, 0.25) is 0 Å². The molecule has 125 valence electrons. The van der Waals surface area contributed by atoms with Crippen molar-refractivity contribution in [3.05, 3.63) is 5.92 Å². The van der Waals surface area contributed by atoms with E-state index in [9.17, 15) is 4.79 Å². The SMILES string of the molecule is CCCCCCCC(=O)C(C)(CC)[C](C)CCCCCC. The number of Topliss-reactive ketones (excluding diaryl/α,β-unsaturated/α-hetero) is 1. The minimum atomic E-state index is -0.170. The van der Waals surface area contributed by atoms with Gasteiger partial charge in [0.15, 0.2) is 0 Å². The molecule has 0 amide bonds. The summed E-state index contributed by atoms with van der Waals surface area (Å²) in [5, 5.41) is 0. The van der Waals surface area contributed by atoms with Crippen LogP contribution >= 0.6 is 0 Å². The third-order valence-electron chi connectivity index (χ3n) is 5.18. The third kappa shape index (κ3) is 8.02. The molecule has 0 aliphatic rings. The molecule has 0 N–H and O–H groups in total. The van der Waals surface area contributed by atoms with E-state index in [0.29, 0.717) is 5.78 Å². The average Bonchev–Trinajstić information content (AvgIpc) is 2.50. The highest BCUT2D eigenvalue weighted by atomic mass is 16.1. The Kier molecular flexibility index (Phi) is 12.0. The number of carbonyl (C=O) groups excluding carboxylic acids is 1. The van der Waals surface area contributed by atoms with Gasteiger partial charge in [-0.25, -0.2) is 0 Å². The Morgan fingerprint density at radius 3 is 1.76 bits per heavy atom. The number of unbranched alkanes of at least 4 members (excludes halogenated alkanes) is 7. The molecule has 0 saturated heterocycles. The maximum absolute atomic E-state index is 12.6. The topological polar surface area (TPSA) is 17.1 Å². The van der Waals surface area contributed by atoms with Crippen LogP contribution in [0.5, 0.6) is 0 Å². The largest absolute Gasteiger partial charge is 0.299 e. The average molecular weight is 296 g/mol. The fourth-order valence-corrected chi connectivity index (χ4v) is 2.99. The van der Waals surface area contributed by atoms with Crippen molar-refractivity contribution in [2.45, 2.75) is 112 Å². The van der Waals surface area contributed by atoms with E-state index in [2.05, 4.69) is 34.6 Å². The van der Waals surface area contributed by atoms with Crippen molar-refractivity contribution in [2.24, 2.45) is 5.41 Å². The lowest BCUT2D eigenvalue weighted by atomic mass is 9.69. The van der Waals surface area contributed by atoms with Crippen molar-refractivity contribution in [3.8, 4) is 0 Å². The summed E-state index contributed by atoms with van der Waals surface area (Å²) in [5.41, 5.74) is -0.170. The van der Waals surface area contributed by atoms with Gasteiger partial charge >= 0.3 is 0 Å². The molecule has 0 fully saturated rings. The molecule has 0 aromatic rings. The van der Waals surface area contributed by atoms with Crippen molar-refractivity contribution in [2.75, 3.05) is 0 Å². The van der Waals surface area contributed by atoms with Gasteiger partial charge in [0, 0.05) is 11.8 Å². The van der Waals surface area contributed by atoms with Crippen LogP contribution in [0.3, 0.4) is 0 Å². The zero-order valence-corrected chi connectivity index (χ0v) is 15.4. The summed E-state index contributed by atoms with van der Waals surface area (Å²) in [6.45, 7) is 11.0. The summed E-state index contributed by atoms with van der Waals surface area (Å²) < 4.78 is 0. The van der Waals surface area contributed by atoms with Crippen LogP contribution in [0.25, 0.3) is 0 Å². The van der Waals surface area contributed by atoms with Gasteiger partial charge in [0.05, 0.1) is 0 Å². The zero-order valence-electron chi connectivity index (χ0n) is 15.4. The summed E-state index contributed by atoms with van der Waals surface area (Å²) in [6, 6.07) is 0. The highest BCUT2D eigenvalue weighted by molar-refractivity contribution is 5.86. The molecule has 1 atom stereocenters. The van der Waals surface area contributed by atoms with Crippen LogP contribution in [0.15, 0.2) is 0 Å². The first-order valence-corrected chi connectivity index (χ1v) is 9.39. The lowest BCUT2D eigenvalue weighted by Gasteiger charge is -2.33. The number of hydrogen-bond acceptors (Lipinski definition) is 1. The van der Waals surface area contributed by atoms with E-state index >= 15 is 0 Å². The van der Waals surface area contributed by atoms with Gasteiger partial charge in [-0.3, -0.25) is 4.79 Å². The van der Waals surface area contributed by atoms with Crippen LogP contribution in [0, 0.1) is 11.3 Å². The van der Waals surface area contributed by atoms with Gasteiger partial charge in [-0.15, -0.1) is 0 Å². The third-order valence-corrected chi connectivity index (χ3v) is 5.18. The maximum atomic E-state index is 12.6. The van der Waals surface area contributed by atoms with Gasteiger partial charge < -0.3 is 0 Å². The van der Waals surface area contributed by atoms with Crippen molar-refractivity contribution in [1.82, 2.24) is 0 Å². The second-order valence-corrected chi connectivity index (χ2v) is 6.86. The van der Waals surface area contributed by atoms with Crippen LogP contribution in [0.4, 0.5) is 0 Å². The molecule has 0 rings (SSSR count). The normalized spacial score (nSPS) is 14.4. The minimum Gasteiger partial charge on any atom is -0.299 e. The van der Waals surface area contributed by atoms with E-state index in [1.165, 1.54) is 57.3 Å². The predicted octanol–water partition coefficient (Wildman–Crippen LogP) is 6.90. The molecule has 1 nitrogen and oxygen atoms in total. The van der Waals surface area contributed by atoms with Crippen molar-refractivity contribution in [1.29, 1.82) is 0 Å². The lowest BCUT2D eigenvalue weighted by Crippen LogP contribution is -2.32. The number of hydrogen-bond donors (Lipinski definition) is 0. The van der Waals surface area contributed by atoms with Crippen LogP contribution in [0.1, 0.15) is 112 Å². The van der Waals surface area contributed by atoms with Crippen molar-refractivity contribution < 1.29 is 4.79 Å². The van der Waals surface area contributed by atoms with Gasteiger partial charge in [0.2, 0.25) is 0 Å². The van der Waals surface area contributed by atoms with E-state index in [4.69, 9.17) is 0 Å². The molecular weight excluding hydrogens is 256 g/mol. The summed E-state index contributed by atoms with van der Waals surface area (Å²) in [4.78, 5) is 12.6. The Morgan fingerprint density at radius 1 is 0.762 bits per heavy atom. The zero-order chi connectivity index (χ0) is 16.1. The Balaban J connectivity index is 4.17. The van der Waals surface area contributed by atoms with Gasteiger partial charge in [0.25, 0.3) is 0 Å². The van der Waals surface area contributed by atoms with Gasteiger partial charge in [0.1, 0.15) is 5.78 Å². The first-order valence-electron chi connectivity index (χ1n) is 9.39. The summed E-state index contributed by atoms with van der Waals surface area (Å²) in [5.74, 6) is 1.90. The molecule has 0 bridgehead atoms. The standard InChI is InChI=1S/C20H39O/c1-6-9-11-13-15-17-19(21)20(5,8-3)18(4)16-14-12-10-7-2/h6-17H2,1-5H3. The lowest BCUT2D eigenvalue weighted by molar-refractivity contribution is -0.127. The van der Waals surface area contributed by atoms with Crippen LogP contribution in [-0.4, -0.2) is 5.78 Å². The van der Waals surface area contributed by atoms with Crippen molar-refractivity contribution in [3.63, 3.8) is 0 Å². The molecule has 21 heavy (non-hydrogen) atoms. The molecule has 0 aromatic carbocycles. The molecule has 0 saturated carbocycles. The van der Waals surface area contributed by atoms with E-state index in [1.54, 1.807) is 0 Å². The van der Waals surface area contributed by atoms with Crippen molar-refractivity contribution >= 4 is 5.78 Å². The smallest absolute Gasteiger partial charge is 0.139 e. The quantitative estimate of drug-likeness (QED) is 0.319. The highest BCUT2D eigenvalue weighted by Crippen LogP contribution is 2.38. The fourth-order valence-electron chi connectivity index (χ4n) is 2.99. The first kappa shape index (κ1) is 20.7. The number of ketones is 1. The van der Waals surface area contributed by atoms with Gasteiger partial charge in [-0.1, -0.05) is 86.0 Å².